The fourth-order valence-electron chi connectivity index (χ4n) is 1.97. The minimum atomic E-state index is -0.712. The Hall–Kier alpha value is -2.26. The summed E-state index contributed by atoms with van der Waals surface area (Å²) >= 11 is 3.03. The number of nitriles is 1. The van der Waals surface area contributed by atoms with E-state index in [1.165, 1.54) is 12.1 Å². The van der Waals surface area contributed by atoms with Gasteiger partial charge in [0.05, 0.1) is 28.2 Å². The van der Waals surface area contributed by atoms with Crippen LogP contribution >= 0.6 is 15.9 Å². The van der Waals surface area contributed by atoms with E-state index < -0.39 is 11.6 Å². The Balaban J connectivity index is 2.23. The Morgan fingerprint density at radius 2 is 1.85 bits per heavy atom. The van der Waals surface area contributed by atoms with Gasteiger partial charge in [-0.1, -0.05) is 15.9 Å². The van der Waals surface area contributed by atoms with Gasteiger partial charge in [-0.3, -0.25) is 0 Å². The van der Waals surface area contributed by atoms with E-state index in [1.54, 1.807) is 18.2 Å². The maximum atomic E-state index is 13.9. The normalized spacial score (nSPS) is 10.7. The van der Waals surface area contributed by atoms with Gasteiger partial charge < -0.3 is 4.98 Å². The Kier molecular flexibility index (Phi) is 2.99. The summed E-state index contributed by atoms with van der Waals surface area (Å²) < 4.78 is 28.1. The molecule has 0 bridgehead atoms. The molecule has 0 aliphatic heterocycles. The molecule has 98 valence electrons. The molecule has 2 aromatic carbocycles. The van der Waals surface area contributed by atoms with Gasteiger partial charge in [0, 0.05) is 4.47 Å². The highest BCUT2D eigenvalue weighted by atomic mass is 79.9. The molecule has 0 saturated heterocycles. The first-order valence-corrected chi connectivity index (χ1v) is 6.42. The molecule has 3 rings (SSSR count). The number of hydrogen-bond donors (Lipinski definition) is 1. The monoisotopic (exact) mass is 333 g/mol. The molecule has 0 aliphatic carbocycles. The molecule has 6 heteroatoms. The molecular weight excluding hydrogens is 328 g/mol. The molecule has 3 aromatic rings. The van der Waals surface area contributed by atoms with E-state index in [4.69, 9.17) is 5.26 Å². The van der Waals surface area contributed by atoms with Gasteiger partial charge in [0.1, 0.15) is 17.5 Å². The van der Waals surface area contributed by atoms with Crippen molar-refractivity contribution in [2.24, 2.45) is 0 Å². The summed E-state index contributed by atoms with van der Waals surface area (Å²) in [4.78, 5) is 6.98. The first kappa shape index (κ1) is 12.8. The number of aromatic amines is 1. The fraction of sp³-hybridized carbons (Fsp3) is 0. The second kappa shape index (κ2) is 4.69. The zero-order valence-electron chi connectivity index (χ0n) is 9.92. The third-order valence-corrected chi connectivity index (χ3v) is 3.31. The smallest absolute Gasteiger partial charge is 0.144 e. The quantitative estimate of drug-likeness (QED) is 0.727. The minimum Gasteiger partial charge on any atom is -0.338 e. The number of hydrogen-bond acceptors (Lipinski definition) is 2. The van der Waals surface area contributed by atoms with Gasteiger partial charge in [0.25, 0.3) is 0 Å². The molecule has 0 spiro atoms. The second-order valence-electron chi connectivity index (χ2n) is 4.17. The standard InChI is InChI=1S/C14H6BrF2N3/c15-8-4-9(16)13(10(17)5-8)14-19-11-2-1-7(6-18)3-12(11)20-14/h1-5H,(H,19,20). The molecule has 0 saturated carbocycles. The summed E-state index contributed by atoms with van der Waals surface area (Å²) in [5.74, 6) is -1.33. The highest BCUT2D eigenvalue weighted by Crippen LogP contribution is 2.28. The molecule has 0 amide bonds. The zero-order chi connectivity index (χ0) is 14.3. The van der Waals surface area contributed by atoms with Crippen molar-refractivity contribution in [1.82, 2.24) is 9.97 Å². The van der Waals surface area contributed by atoms with Crippen LogP contribution in [-0.4, -0.2) is 9.97 Å². The van der Waals surface area contributed by atoms with Crippen molar-refractivity contribution < 1.29 is 8.78 Å². The summed E-state index contributed by atoms with van der Waals surface area (Å²) in [6, 6.07) is 9.15. The van der Waals surface area contributed by atoms with Crippen molar-refractivity contribution in [2.75, 3.05) is 0 Å². The lowest BCUT2D eigenvalue weighted by Gasteiger charge is -2.02. The predicted molar refractivity (Wildman–Crippen MR) is 73.9 cm³/mol. The van der Waals surface area contributed by atoms with E-state index in [0.717, 1.165) is 0 Å². The third kappa shape index (κ3) is 2.06. The van der Waals surface area contributed by atoms with Crippen LogP contribution in [0.2, 0.25) is 0 Å². The van der Waals surface area contributed by atoms with Crippen LogP contribution in [0.4, 0.5) is 8.78 Å². The topological polar surface area (TPSA) is 52.5 Å². The van der Waals surface area contributed by atoms with Gasteiger partial charge in [-0.05, 0) is 30.3 Å². The van der Waals surface area contributed by atoms with Crippen LogP contribution < -0.4 is 0 Å². The van der Waals surface area contributed by atoms with E-state index in [9.17, 15) is 8.78 Å². The molecule has 20 heavy (non-hydrogen) atoms. The predicted octanol–water partition coefficient (Wildman–Crippen LogP) is 4.14. The van der Waals surface area contributed by atoms with E-state index >= 15 is 0 Å². The fourth-order valence-corrected chi connectivity index (χ4v) is 2.37. The Labute approximate surface area is 121 Å². The SMILES string of the molecule is N#Cc1ccc2nc(-c3c(F)cc(Br)cc3F)[nH]c2c1. The maximum Gasteiger partial charge on any atom is 0.144 e. The third-order valence-electron chi connectivity index (χ3n) is 2.85. The molecule has 1 heterocycles. The molecule has 0 fully saturated rings. The first-order chi connectivity index (χ1) is 9.58. The number of rotatable bonds is 1. The number of nitrogens with one attached hydrogen (secondary N) is 1. The average molecular weight is 334 g/mol. The minimum absolute atomic E-state index is 0.0950. The number of aromatic nitrogens is 2. The van der Waals surface area contributed by atoms with Crippen LogP contribution in [0.3, 0.4) is 0 Å². The number of fused-ring (bicyclic) bond motifs is 1. The Morgan fingerprint density at radius 1 is 1.15 bits per heavy atom. The maximum absolute atomic E-state index is 13.9. The summed E-state index contributed by atoms with van der Waals surface area (Å²) in [7, 11) is 0. The summed E-state index contributed by atoms with van der Waals surface area (Å²) in [6.07, 6.45) is 0. The van der Waals surface area contributed by atoms with Crippen molar-refractivity contribution in [3.8, 4) is 17.5 Å². The van der Waals surface area contributed by atoms with Crippen molar-refractivity contribution in [3.05, 3.63) is 52.0 Å². The summed E-state index contributed by atoms with van der Waals surface area (Å²) in [6.45, 7) is 0. The van der Waals surface area contributed by atoms with E-state index in [2.05, 4.69) is 25.9 Å². The van der Waals surface area contributed by atoms with Crippen molar-refractivity contribution in [1.29, 1.82) is 5.26 Å². The van der Waals surface area contributed by atoms with Gasteiger partial charge in [-0.15, -0.1) is 0 Å². The van der Waals surface area contributed by atoms with Gasteiger partial charge in [0.15, 0.2) is 0 Å². The lowest BCUT2D eigenvalue weighted by atomic mass is 10.2. The van der Waals surface area contributed by atoms with Crippen LogP contribution in [-0.2, 0) is 0 Å². The van der Waals surface area contributed by atoms with Crippen LogP contribution in [0.15, 0.2) is 34.8 Å². The van der Waals surface area contributed by atoms with Crippen LogP contribution in [0, 0.1) is 23.0 Å². The summed E-state index contributed by atoms with van der Waals surface area (Å²) in [5, 5.41) is 8.83. The average Bonchev–Trinajstić information content (AvgIpc) is 2.79. The largest absolute Gasteiger partial charge is 0.338 e. The van der Waals surface area contributed by atoms with Crippen molar-refractivity contribution in [2.45, 2.75) is 0 Å². The summed E-state index contributed by atoms with van der Waals surface area (Å²) in [5.41, 5.74) is 1.33. The molecule has 0 unspecified atom stereocenters. The number of imidazole rings is 1. The Bertz CT molecular complexity index is 841. The van der Waals surface area contributed by atoms with Crippen molar-refractivity contribution in [3.63, 3.8) is 0 Å². The van der Waals surface area contributed by atoms with Crippen LogP contribution in [0.25, 0.3) is 22.4 Å². The molecule has 1 N–H and O–H groups in total. The van der Waals surface area contributed by atoms with Gasteiger partial charge in [-0.25, -0.2) is 13.8 Å². The highest BCUT2D eigenvalue weighted by Gasteiger charge is 2.16. The van der Waals surface area contributed by atoms with Crippen LogP contribution in [0.1, 0.15) is 5.56 Å². The van der Waals surface area contributed by atoms with Crippen molar-refractivity contribution >= 4 is 27.0 Å². The molecule has 1 aromatic heterocycles. The second-order valence-corrected chi connectivity index (χ2v) is 5.09. The number of H-pyrrole nitrogens is 1. The van der Waals surface area contributed by atoms with Gasteiger partial charge in [0.2, 0.25) is 0 Å². The van der Waals surface area contributed by atoms with Crippen LogP contribution in [0.5, 0.6) is 0 Å². The van der Waals surface area contributed by atoms with Gasteiger partial charge >= 0.3 is 0 Å². The molecule has 0 atom stereocenters. The lowest BCUT2D eigenvalue weighted by Crippen LogP contribution is -1.92. The highest BCUT2D eigenvalue weighted by molar-refractivity contribution is 9.10. The number of benzene rings is 2. The Morgan fingerprint density at radius 3 is 2.50 bits per heavy atom. The van der Waals surface area contributed by atoms with E-state index in [-0.39, 0.29) is 11.4 Å². The molecule has 0 aliphatic rings. The number of nitrogens with zero attached hydrogens (tertiary/aromatic N) is 2. The first-order valence-electron chi connectivity index (χ1n) is 5.63. The number of halogens is 3. The molecule has 0 radical (unpaired) electrons. The van der Waals surface area contributed by atoms with Gasteiger partial charge in [-0.2, -0.15) is 5.26 Å². The van der Waals surface area contributed by atoms with E-state index in [0.29, 0.717) is 21.1 Å². The lowest BCUT2D eigenvalue weighted by molar-refractivity contribution is 0.586. The molecular formula is C14H6BrF2N3. The van der Waals surface area contributed by atoms with E-state index in [1.807, 2.05) is 6.07 Å². The molecule has 3 nitrogen and oxygen atoms in total. The zero-order valence-corrected chi connectivity index (χ0v) is 11.5.